The Labute approximate surface area is 142 Å². The van der Waals surface area contributed by atoms with Crippen molar-refractivity contribution in [1.29, 1.82) is 0 Å². The molecule has 4 nitrogen and oxygen atoms in total. The van der Waals surface area contributed by atoms with Crippen LogP contribution in [0.4, 0.5) is 9.18 Å². The van der Waals surface area contributed by atoms with Crippen LogP contribution in [0.15, 0.2) is 18.2 Å². The molecule has 0 saturated heterocycles. The van der Waals surface area contributed by atoms with Gasteiger partial charge >= 0.3 is 6.03 Å². The summed E-state index contributed by atoms with van der Waals surface area (Å²) in [6.45, 7) is 0.954. The predicted molar refractivity (Wildman–Crippen MR) is 94.1 cm³/mol. The van der Waals surface area contributed by atoms with Crippen molar-refractivity contribution < 1.29 is 9.18 Å². The van der Waals surface area contributed by atoms with Crippen molar-refractivity contribution in [3.8, 4) is 0 Å². The molecule has 2 N–H and O–H groups in total. The molecule has 2 amide bonds. The molecule has 6 heteroatoms. The van der Waals surface area contributed by atoms with E-state index in [1.807, 2.05) is 36.8 Å². The zero-order chi connectivity index (χ0) is 16.8. The van der Waals surface area contributed by atoms with Gasteiger partial charge in [-0.1, -0.05) is 6.07 Å². The molecule has 2 atom stereocenters. The zero-order valence-corrected chi connectivity index (χ0v) is 14.9. The number of hydrogen-bond donors (Lipinski definition) is 2. The van der Waals surface area contributed by atoms with E-state index >= 15 is 0 Å². The molecule has 1 aliphatic rings. The van der Waals surface area contributed by atoms with Crippen LogP contribution in [-0.2, 0) is 13.1 Å². The molecule has 2 rings (SSSR count). The molecule has 1 aromatic carbocycles. The maximum absolute atomic E-state index is 13.7. The Morgan fingerprint density at radius 1 is 1.39 bits per heavy atom. The van der Waals surface area contributed by atoms with Crippen LogP contribution in [0.25, 0.3) is 0 Å². The molecule has 0 spiro atoms. The average molecular weight is 339 g/mol. The summed E-state index contributed by atoms with van der Waals surface area (Å²) in [4.78, 5) is 13.9. The average Bonchev–Trinajstić information content (AvgIpc) is 2.95. The highest BCUT2D eigenvalue weighted by Gasteiger charge is 2.24. The molecule has 1 aromatic rings. The standard InChI is InChI=1S/C17H26FN3OS/c1-21(2)11-13-8-12(4-7-16(13)18)10-19-17(22)20-14-5-6-15(9-14)23-3/h4,7-8,14-15H,5-6,9-11H2,1-3H3,(H2,19,20,22)/t14-,15+/m0/s1. The van der Waals surface area contributed by atoms with Gasteiger partial charge in [0.2, 0.25) is 0 Å². The van der Waals surface area contributed by atoms with Gasteiger partial charge in [-0.3, -0.25) is 0 Å². The van der Waals surface area contributed by atoms with Gasteiger partial charge in [-0.25, -0.2) is 9.18 Å². The molecular weight excluding hydrogens is 313 g/mol. The number of halogens is 1. The first kappa shape index (κ1) is 18.1. The Morgan fingerprint density at radius 3 is 2.83 bits per heavy atom. The van der Waals surface area contributed by atoms with Gasteiger partial charge in [0.15, 0.2) is 0 Å². The minimum absolute atomic E-state index is 0.143. The third kappa shape index (κ3) is 5.70. The Balaban J connectivity index is 1.82. The molecule has 0 aromatic heterocycles. The Kier molecular flexibility index (Phi) is 6.72. The lowest BCUT2D eigenvalue weighted by atomic mass is 10.1. The molecule has 0 heterocycles. The van der Waals surface area contributed by atoms with Crippen LogP contribution in [0, 0.1) is 5.82 Å². The summed E-state index contributed by atoms with van der Waals surface area (Å²) >= 11 is 1.87. The second-order valence-corrected chi connectivity index (χ2v) is 7.50. The molecule has 0 aliphatic heterocycles. The number of hydrogen-bond acceptors (Lipinski definition) is 3. The van der Waals surface area contributed by atoms with Crippen LogP contribution in [-0.4, -0.2) is 42.6 Å². The first-order valence-corrected chi connectivity index (χ1v) is 9.26. The fourth-order valence-electron chi connectivity index (χ4n) is 2.90. The van der Waals surface area contributed by atoms with Gasteiger partial charge in [-0.15, -0.1) is 0 Å². The van der Waals surface area contributed by atoms with Crippen LogP contribution in [0.1, 0.15) is 30.4 Å². The number of thioether (sulfide) groups is 1. The van der Waals surface area contributed by atoms with Crippen molar-refractivity contribution in [3.63, 3.8) is 0 Å². The van der Waals surface area contributed by atoms with E-state index < -0.39 is 0 Å². The lowest BCUT2D eigenvalue weighted by molar-refractivity contribution is 0.236. The highest BCUT2D eigenvalue weighted by molar-refractivity contribution is 7.99. The van der Waals surface area contributed by atoms with Crippen molar-refractivity contribution >= 4 is 17.8 Å². The third-order valence-electron chi connectivity index (χ3n) is 4.10. The van der Waals surface area contributed by atoms with Crippen LogP contribution in [0.3, 0.4) is 0 Å². The van der Waals surface area contributed by atoms with Crippen LogP contribution >= 0.6 is 11.8 Å². The summed E-state index contributed by atoms with van der Waals surface area (Å²) in [5.41, 5.74) is 1.56. The van der Waals surface area contributed by atoms with E-state index in [0.29, 0.717) is 23.9 Å². The molecule has 1 saturated carbocycles. The zero-order valence-electron chi connectivity index (χ0n) is 14.1. The lowest BCUT2D eigenvalue weighted by Gasteiger charge is -2.15. The smallest absolute Gasteiger partial charge is 0.315 e. The highest BCUT2D eigenvalue weighted by atomic mass is 32.2. The largest absolute Gasteiger partial charge is 0.335 e. The molecule has 0 bridgehead atoms. The SMILES string of the molecule is CS[C@@H]1CC[C@H](NC(=O)NCc2ccc(F)c(CN(C)C)c2)C1. The summed E-state index contributed by atoms with van der Waals surface area (Å²) in [5, 5.41) is 6.55. The normalized spacial score (nSPS) is 20.7. The van der Waals surface area contributed by atoms with E-state index in [9.17, 15) is 9.18 Å². The summed E-state index contributed by atoms with van der Waals surface area (Å²) < 4.78 is 13.7. The molecule has 23 heavy (non-hydrogen) atoms. The Morgan fingerprint density at radius 2 is 2.17 bits per heavy atom. The second-order valence-electron chi connectivity index (χ2n) is 6.36. The highest BCUT2D eigenvalue weighted by Crippen LogP contribution is 2.28. The van der Waals surface area contributed by atoms with Crippen molar-refractivity contribution in [2.75, 3.05) is 20.4 Å². The number of carbonyl (C=O) groups excluding carboxylic acids is 1. The monoisotopic (exact) mass is 339 g/mol. The number of benzene rings is 1. The van der Waals surface area contributed by atoms with Gasteiger partial charge in [0.25, 0.3) is 0 Å². The fourth-order valence-corrected chi connectivity index (χ4v) is 3.70. The van der Waals surface area contributed by atoms with Gasteiger partial charge < -0.3 is 15.5 Å². The van der Waals surface area contributed by atoms with Crippen molar-refractivity contribution in [3.05, 3.63) is 35.1 Å². The van der Waals surface area contributed by atoms with Crippen molar-refractivity contribution in [1.82, 2.24) is 15.5 Å². The Bertz CT molecular complexity index is 539. The molecule has 1 aliphatic carbocycles. The summed E-state index contributed by atoms with van der Waals surface area (Å²) in [6, 6.07) is 5.12. The van der Waals surface area contributed by atoms with Crippen LogP contribution in [0.2, 0.25) is 0 Å². The molecule has 128 valence electrons. The number of nitrogens with one attached hydrogen (secondary N) is 2. The summed E-state index contributed by atoms with van der Waals surface area (Å²) in [7, 11) is 3.81. The minimum atomic E-state index is -0.207. The third-order valence-corrected chi connectivity index (χ3v) is 5.20. The van der Waals surface area contributed by atoms with E-state index in [4.69, 9.17) is 0 Å². The van der Waals surface area contributed by atoms with Crippen molar-refractivity contribution in [2.45, 2.75) is 43.6 Å². The maximum Gasteiger partial charge on any atom is 0.315 e. The number of nitrogens with zero attached hydrogens (tertiary/aromatic N) is 1. The van der Waals surface area contributed by atoms with E-state index in [-0.39, 0.29) is 17.9 Å². The molecule has 0 unspecified atom stereocenters. The van der Waals surface area contributed by atoms with Crippen LogP contribution < -0.4 is 10.6 Å². The quantitative estimate of drug-likeness (QED) is 0.837. The van der Waals surface area contributed by atoms with E-state index in [0.717, 1.165) is 24.8 Å². The lowest BCUT2D eigenvalue weighted by Crippen LogP contribution is -2.40. The summed E-state index contributed by atoms with van der Waals surface area (Å²) in [5.74, 6) is -0.207. The fraction of sp³-hybridized carbons (Fsp3) is 0.588. The number of carbonyl (C=O) groups is 1. The topological polar surface area (TPSA) is 44.4 Å². The van der Waals surface area contributed by atoms with Gasteiger partial charge in [0.05, 0.1) is 0 Å². The minimum Gasteiger partial charge on any atom is -0.335 e. The number of urea groups is 1. The predicted octanol–water partition coefficient (Wildman–Crippen LogP) is 2.97. The van der Waals surface area contributed by atoms with E-state index in [2.05, 4.69) is 16.9 Å². The van der Waals surface area contributed by atoms with E-state index in [1.54, 1.807) is 6.07 Å². The van der Waals surface area contributed by atoms with Crippen molar-refractivity contribution in [2.24, 2.45) is 0 Å². The molecule has 0 radical (unpaired) electrons. The number of rotatable bonds is 6. The first-order chi connectivity index (χ1) is 11.0. The van der Waals surface area contributed by atoms with Gasteiger partial charge in [0, 0.05) is 29.9 Å². The number of amides is 2. The first-order valence-electron chi connectivity index (χ1n) is 7.97. The van der Waals surface area contributed by atoms with Gasteiger partial charge in [-0.05, 0) is 57.3 Å². The molecule has 1 fully saturated rings. The maximum atomic E-state index is 13.7. The second kappa shape index (κ2) is 8.55. The molecular formula is C17H26FN3OS. The van der Waals surface area contributed by atoms with E-state index in [1.165, 1.54) is 6.07 Å². The van der Waals surface area contributed by atoms with Gasteiger partial charge in [0.1, 0.15) is 5.82 Å². The summed E-state index contributed by atoms with van der Waals surface area (Å²) in [6.07, 6.45) is 5.37. The Hall–Kier alpha value is -1.27. The van der Waals surface area contributed by atoms with Crippen LogP contribution in [0.5, 0.6) is 0 Å². The van der Waals surface area contributed by atoms with Gasteiger partial charge in [-0.2, -0.15) is 11.8 Å².